The van der Waals surface area contributed by atoms with Crippen molar-refractivity contribution in [3.63, 3.8) is 0 Å². The number of nitrogens with zero attached hydrogens (tertiary/aromatic N) is 3. The number of aromatic nitrogens is 2. The van der Waals surface area contributed by atoms with Crippen molar-refractivity contribution in [3.8, 4) is 0 Å². The lowest BCUT2D eigenvalue weighted by molar-refractivity contribution is 0.565. The number of hydrogen-bond donors (Lipinski definition) is 0. The average molecular weight is 272 g/mol. The summed E-state index contributed by atoms with van der Waals surface area (Å²) in [5.74, 6) is 1.61. The van der Waals surface area contributed by atoms with Crippen molar-refractivity contribution < 1.29 is 0 Å². The van der Waals surface area contributed by atoms with Gasteiger partial charge in [0.05, 0.1) is 0 Å². The van der Waals surface area contributed by atoms with E-state index in [0.29, 0.717) is 12.0 Å². The average Bonchev–Trinajstić information content (AvgIpc) is 2.13. The van der Waals surface area contributed by atoms with Crippen LogP contribution in [0.2, 0.25) is 0 Å². The summed E-state index contributed by atoms with van der Waals surface area (Å²) in [4.78, 5) is 10.6. The number of anilines is 1. The molecule has 1 aromatic heterocycles. The second-order valence-electron chi connectivity index (χ2n) is 4.34. The lowest BCUT2D eigenvalue weighted by Crippen LogP contribution is -2.34. The highest BCUT2D eigenvalue weighted by Crippen LogP contribution is 2.18. The van der Waals surface area contributed by atoms with Crippen LogP contribution in [0.5, 0.6) is 0 Å². The summed E-state index contributed by atoms with van der Waals surface area (Å²) >= 11 is 3.37. The Labute approximate surface area is 100 Å². The van der Waals surface area contributed by atoms with Gasteiger partial charge in [0.2, 0.25) is 0 Å². The van der Waals surface area contributed by atoms with Gasteiger partial charge >= 0.3 is 0 Å². The molecule has 0 aromatic carbocycles. The molecule has 0 aliphatic carbocycles. The number of halogens is 1. The molecule has 15 heavy (non-hydrogen) atoms. The fraction of sp³-hybridized carbons (Fsp3) is 0.636. The van der Waals surface area contributed by atoms with Crippen LogP contribution in [0, 0.1) is 5.92 Å². The zero-order valence-corrected chi connectivity index (χ0v) is 11.3. The van der Waals surface area contributed by atoms with Crippen LogP contribution in [0.15, 0.2) is 17.0 Å². The lowest BCUT2D eigenvalue weighted by Gasteiger charge is -2.29. The molecule has 3 nitrogen and oxygen atoms in total. The van der Waals surface area contributed by atoms with E-state index in [1.165, 1.54) is 0 Å². The zero-order valence-electron chi connectivity index (χ0n) is 9.74. The van der Waals surface area contributed by atoms with Gasteiger partial charge < -0.3 is 4.90 Å². The molecule has 0 saturated carbocycles. The van der Waals surface area contributed by atoms with Crippen molar-refractivity contribution >= 4 is 21.7 Å². The monoisotopic (exact) mass is 271 g/mol. The topological polar surface area (TPSA) is 29.0 Å². The minimum Gasteiger partial charge on any atom is -0.354 e. The smallest absolute Gasteiger partial charge is 0.133 e. The summed E-state index contributed by atoms with van der Waals surface area (Å²) in [5.41, 5.74) is 0. The van der Waals surface area contributed by atoms with Crippen LogP contribution < -0.4 is 4.90 Å². The summed E-state index contributed by atoms with van der Waals surface area (Å²) in [6.45, 7) is 9.80. The summed E-state index contributed by atoms with van der Waals surface area (Å²) in [5, 5.41) is 0. The first-order valence-corrected chi connectivity index (χ1v) is 6.04. The maximum atomic E-state index is 4.30. The van der Waals surface area contributed by atoms with Gasteiger partial charge in [-0.3, -0.25) is 0 Å². The second-order valence-corrected chi connectivity index (χ2v) is 5.15. The molecule has 84 valence electrons. The molecule has 0 aliphatic heterocycles. The molecule has 0 saturated heterocycles. The van der Waals surface area contributed by atoms with Gasteiger partial charge in [0.15, 0.2) is 0 Å². The van der Waals surface area contributed by atoms with Gasteiger partial charge in [-0.05, 0) is 35.7 Å². The van der Waals surface area contributed by atoms with Crippen LogP contribution in [-0.2, 0) is 0 Å². The molecule has 1 aromatic rings. The third-order valence-corrected chi connectivity index (χ3v) is 2.53. The molecule has 0 fully saturated rings. The predicted molar refractivity (Wildman–Crippen MR) is 67.1 cm³/mol. The van der Waals surface area contributed by atoms with Crippen LogP contribution in [0.3, 0.4) is 0 Å². The Kier molecular flexibility index (Phi) is 4.51. The Morgan fingerprint density at radius 1 is 1.27 bits per heavy atom. The van der Waals surface area contributed by atoms with E-state index in [2.05, 4.69) is 58.5 Å². The zero-order chi connectivity index (χ0) is 11.4. The normalized spacial score (nSPS) is 11.1. The van der Waals surface area contributed by atoms with Gasteiger partial charge in [0, 0.05) is 18.7 Å². The fourth-order valence-corrected chi connectivity index (χ4v) is 1.74. The first-order chi connectivity index (χ1) is 7.00. The van der Waals surface area contributed by atoms with Gasteiger partial charge in [-0.1, -0.05) is 13.8 Å². The van der Waals surface area contributed by atoms with Crippen LogP contribution in [-0.4, -0.2) is 22.6 Å². The molecule has 4 heteroatoms. The molecule has 0 aliphatic rings. The molecule has 1 rings (SSSR count). The van der Waals surface area contributed by atoms with Crippen LogP contribution in [0.25, 0.3) is 0 Å². The summed E-state index contributed by atoms with van der Waals surface area (Å²) < 4.78 is 0.835. The number of rotatable bonds is 4. The Bertz CT molecular complexity index is 312. The Morgan fingerprint density at radius 3 is 2.40 bits per heavy atom. The van der Waals surface area contributed by atoms with Crippen molar-refractivity contribution in [3.05, 3.63) is 17.0 Å². The molecular weight excluding hydrogens is 254 g/mol. The molecule has 0 spiro atoms. The van der Waals surface area contributed by atoms with Crippen molar-refractivity contribution in [2.45, 2.75) is 33.7 Å². The van der Waals surface area contributed by atoms with Crippen molar-refractivity contribution in [2.75, 3.05) is 11.4 Å². The predicted octanol–water partition coefficient (Wildman–Crippen LogP) is 3.11. The standard InChI is InChI=1S/C11H18BrN3/c1-8(2)6-15(9(3)4)11-5-10(12)13-7-14-11/h5,7-9H,6H2,1-4H3. The van der Waals surface area contributed by atoms with Gasteiger partial charge in [-0.15, -0.1) is 0 Å². The SMILES string of the molecule is CC(C)CN(c1cc(Br)ncn1)C(C)C. The first kappa shape index (κ1) is 12.4. The summed E-state index contributed by atoms with van der Waals surface area (Å²) in [7, 11) is 0. The van der Waals surface area contributed by atoms with Crippen LogP contribution in [0.1, 0.15) is 27.7 Å². The Hall–Kier alpha value is -0.640. The molecule has 0 amide bonds. The largest absolute Gasteiger partial charge is 0.354 e. The van der Waals surface area contributed by atoms with Gasteiger partial charge in [0.25, 0.3) is 0 Å². The maximum Gasteiger partial charge on any atom is 0.133 e. The van der Waals surface area contributed by atoms with Crippen molar-refractivity contribution in [2.24, 2.45) is 5.92 Å². The Morgan fingerprint density at radius 2 is 1.93 bits per heavy atom. The van der Waals surface area contributed by atoms with E-state index >= 15 is 0 Å². The van der Waals surface area contributed by atoms with Gasteiger partial charge in [-0.2, -0.15) is 0 Å². The maximum absolute atomic E-state index is 4.30. The van der Waals surface area contributed by atoms with Gasteiger partial charge in [-0.25, -0.2) is 9.97 Å². The van der Waals surface area contributed by atoms with E-state index in [9.17, 15) is 0 Å². The van der Waals surface area contributed by atoms with E-state index in [0.717, 1.165) is 17.0 Å². The van der Waals surface area contributed by atoms with E-state index in [1.54, 1.807) is 6.33 Å². The highest BCUT2D eigenvalue weighted by molar-refractivity contribution is 9.10. The molecule has 0 unspecified atom stereocenters. The minimum atomic E-state index is 0.453. The molecule has 0 radical (unpaired) electrons. The second kappa shape index (κ2) is 5.45. The van der Waals surface area contributed by atoms with Crippen molar-refractivity contribution in [1.29, 1.82) is 0 Å². The third kappa shape index (κ3) is 3.78. The first-order valence-electron chi connectivity index (χ1n) is 5.25. The lowest BCUT2D eigenvalue weighted by atomic mass is 10.2. The quantitative estimate of drug-likeness (QED) is 0.789. The molecule has 0 N–H and O–H groups in total. The Balaban J connectivity index is 2.88. The molecule has 1 heterocycles. The fourth-order valence-electron chi connectivity index (χ4n) is 1.44. The van der Waals surface area contributed by atoms with E-state index in [1.807, 2.05) is 6.07 Å². The van der Waals surface area contributed by atoms with E-state index < -0.39 is 0 Å². The van der Waals surface area contributed by atoms with Crippen LogP contribution in [0.4, 0.5) is 5.82 Å². The molecule has 0 bridgehead atoms. The third-order valence-electron chi connectivity index (χ3n) is 2.10. The van der Waals surface area contributed by atoms with Gasteiger partial charge in [0.1, 0.15) is 16.7 Å². The highest BCUT2D eigenvalue weighted by Gasteiger charge is 2.13. The van der Waals surface area contributed by atoms with E-state index in [4.69, 9.17) is 0 Å². The minimum absolute atomic E-state index is 0.453. The molecule has 0 atom stereocenters. The van der Waals surface area contributed by atoms with Crippen molar-refractivity contribution in [1.82, 2.24) is 9.97 Å². The highest BCUT2D eigenvalue weighted by atomic mass is 79.9. The number of hydrogen-bond acceptors (Lipinski definition) is 3. The van der Waals surface area contributed by atoms with Crippen LogP contribution >= 0.6 is 15.9 Å². The van der Waals surface area contributed by atoms with E-state index in [-0.39, 0.29) is 0 Å². The summed E-state index contributed by atoms with van der Waals surface area (Å²) in [6, 6.07) is 2.41. The molecular formula is C11H18BrN3. The summed E-state index contributed by atoms with van der Waals surface area (Å²) in [6.07, 6.45) is 1.59.